The molecule has 172 valence electrons. The van der Waals surface area contributed by atoms with Crippen LogP contribution in [-0.4, -0.2) is 12.1 Å². The van der Waals surface area contributed by atoms with Crippen LogP contribution in [0, 0.1) is 5.92 Å². The summed E-state index contributed by atoms with van der Waals surface area (Å²) in [5.74, 6) is 0.382. The molecule has 0 amide bonds. The zero-order valence-corrected chi connectivity index (χ0v) is 20.4. The van der Waals surface area contributed by atoms with Gasteiger partial charge in [-0.05, 0) is 44.9 Å². The summed E-state index contributed by atoms with van der Waals surface area (Å²) < 4.78 is 5.41. The summed E-state index contributed by atoms with van der Waals surface area (Å²) in [6, 6.07) is 0. The largest absolute Gasteiger partial charge is 0.462 e. The Kier molecular flexibility index (Phi) is 21.3. The Balaban J connectivity index is 3.22. The second-order valence-electron chi connectivity index (χ2n) is 9.19. The Labute approximate surface area is 183 Å². The lowest BCUT2D eigenvalue weighted by Crippen LogP contribution is -2.19. The van der Waals surface area contributed by atoms with Gasteiger partial charge in [0.1, 0.15) is 6.10 Å². The quantitative estimate of drug-likeness (QED) is 0.107. The van der Waals surface area contributed by atoms with E-state index >= 15 is 0 Å². The molecule has 0 aromatic carbocycles. The van der Waals surface area contributed by atoms with E-state index < -0.39 is 0 Å². The first kappa shape index (κ1) is 28.2. The van der Waals surface area contributed by atoms with Crippen LogP contribution in [-0.2, 0) is 9.53 Å². The van der Waals surface area contributed by atoms with E-state index in [2.05, 4.69) is 32.9 Å². The van der Waals surface area contributed by atoms with E-state index in [1.807, 2.05) is 6.92 Å². The van der Waals surface area contributed by atoms with Crippen LogP contribution in [0.2, 0.25) is 0 Å². The zero-order chi connectivity index (χ0) is 21.6. The number of carbonyl (C=O) groups excluding carboxylic acids is 1. The fourth-order valence-electron chi connectivity index (χ4n) is 3.45. The minimum absolute atomic E-state index is 0.0211. The number of esters is 1. The molecule has 29 heavy (non-hydrogen) atoms. The topological polar surface area (TPSA) is 26.3 Å². The highest BCUT2D eigenvalue weighted by Gasteiger charge is 2.12. The molecule has 0 saturated heterocycles. The lowest BCUT2D eigenvalue weighted by Gasteiger charge is -2.16. The van der Waals surface area contributed by atoms with Gasteiger partial charge in [0, 0.05) is 6.42 Å². The summed E-state index contributed by atoms with van der Waals surface area (Å²) in [7, 11) is 0. The third-order valence-corrected chi connectivity index (χ3v) is 5.90. The molecule has 2 heteroatoms. The third kappa shape index (κ3) is 21.7. The lowest BCUT2D eigenvalue weighted by atomic mass is 10.1. The van der Waals surface area contributed by atoms with Crippen LogP contribution in [0.4, 0.5) is 0 Å². The van der Waals surface area contributed by atoms with Crippen molar-refractivity contribution in [1.82, 2.24) is 0 Å². The third-order valence-electron chi connectivity index (χ3n) is 5.90. The summed E-state index contributed by atoms with van der Waals surface area (Å²) >= 11 is 0. The number of hydrogen-bond donors (Lipinski definition) is 0. The van der Waals surface area contributed by atoms with Crippen molar-refractivity contribution in [3.05, 3.63) is 12.2 Å². The first-order chi connectivity index (χ1) is 14.1. The highest BCUT2D eigenvalue weighted by molar-refractivity contribution is 5.69. The van der Waals surface area contributed by atoms with Crippen molar-refractivity contribution in [3.63, 3.8) is 0 Å². The molecule has 0 rings (SSSR count). The first-order valence-corrected chi connectivity index (χ1v) is 12.9. The van der Waals surface area contributed by atoms with Gasteiger partial charge in [0.15, 0.2) is 0 Å². The van der Waals surface area contributed by atoms with Gasteiger partial charge >= 0.3 is 5.97 Å². The molecule has 0 aromatic rings. The number of carbonyl (C=O) groups is 1. The van der Waals surface area contributed by atoms with Gasteiger partial charge in [0.05, 0.1) is 0 Å². The molecule has 0 aliphatic carbocycles. The van der Waals surface area contributed by atoms with Crippen molar-refractivity contribution in [3.8, 4) is 0 Å². The van der Waals surface area contributed by atoms with E-state index in [0.29, 0.717) is 12.3 Å². The highest BCUT2D eigenvalue weighted by atomic mass is 16.5. The molecule has 0 saturated carbocycles. The SMILES string of the molecule is CCCCCCCC/C=C\CCCCCCCCCCCC(=O)OC(C)C(C)C. The molecule has 0 radical (unpaired) electrons. The number of ether oxygens (including phenoxy) is 1. The van der Waals surface area contributed by atoms with Gasteiger partial charge in [0.2, 0.25) is 0 Å². The average Bonchev–Trinajstić information content (AvgIpc) is 2.69. The van der Waals surface area contributed by atoms with E-state index in [1.54, 1.807) is 0 Å². The summed E-state index contributed by atoms with van der Waals surface area (Å²) in [5.41, 5.74) is 0. The number of allylic oxidation sites excluding steroid dienone is 2. The number of hydrogen-bond acceptors (Lipinski definition) is 2. The van der Waals surface area contributed by atoms with Crippen LogP contribution in [0.3, 0.4) is 0 Å². The monoisotopic (exact) mass is 408 g/mol. The van der Waals surface area contributed by atoms with E-state index in [1.165, 1.54) is 96.3 Å². The smallest absolute Gasteiger partial charge is 0.306 e. The Morgan fingerprint density at radius 1 is 0.655 bits per heavy atom. The minimum Gasteiger partial charge on any atom is -0.462 e. The van der Waals surface area contributed by atoms with Gasteiger partial charge in [-0.15, -0.1) is 0 Å². The Hall–Kier alpha value is -0.790. The molecule has 0 spiro atoms. The molecule has 0 aromatic heterocycles. The van der Waals surface area contributed by atoms with Gasteiger partial charge in [-0.25, -0.2) is 0 Å². The molecule has 0 bridgehead atoms. The predicted molar refractivity (Wildman–Crippen MR) is 128 cm³/mol. The molecule has 0 aliphatic heterocycles. The summed E-state index contributed by atoms with van der Waals surface area (Å²) in [6.45, 7) is 8.44. The van der Waals surface area contributed by atoms with Gasteiger partial charge in [-0.1, -0.05) is 110 Å². The van der Waals surface area contributed by atoms with Gasteiger partial charge < -0.3 is 4.74 Å². The van der Waals surface area contributed by atoms with Crippen molar-refractivity contribution in [2.24, 2.45) is 5.92 Å². The summed E-state index contributed by atoms with van der Waals surface area (Å²) in [6.07, 6.45) is 27.9. The van der Waals surface area contributed by atoms with Crippen LogP contribution < -0.4 is 0 Å². The molecule has 2 nitrogen and oxygen atoms in total. The van der Waals surface area contributed by atoms with E-state index in [9.17, 15) is 4.79 Å². The number of unbranched alkanes of at least 4 members (excludes halogenated alkanes) is 15. The number of rotatable bonds is 21. The fourth-order valence-corrected chi connectivity index (χ4v) is 3.45. The summed E-state index contributed by atoms with van der Waals surface area (Å²) in [5, 5.41) is 0. The molecule has 1 unspecified atom stereocenters. The molecule has 1 atom stereocenters. The van der Waals surface area contributed by atoms with E-state index in [0.717, 1.165) is 12.8 Å². The van der Waals surface area contributed by atoms with Crippen molar-refractivity contribution in [2.45, 2.75) is 149 Å². The van der Waals surface area contributed by atoms with Crippen LogP contribution in [0.5, 0.6) is 0 Å². The second-order valence-corrected chi connectivity index (χ2v) is 9.19. The van der Waals surface area contributed by atoms with E-state index in [4.69, 9.17) is 4.74 Å². The van der Waals surface area contributed by atoms with Crippen molar-refractivity contribution >= 4 is 5.97 Å². The maximum Gasteiger partial charge on any atom is 0.306 e. The second kappa shape index (κ2) is 21.9. The van der Waals surface area contributed by atoms with Crippen LogP contribution in [0.25, 0.3) is 0 Å². The molecular formula is C27H52O2. The maximum atomic E-state index is 11.7. The molecule has 0 N–H and O–H groups in total. The van der Waals surface area contributed by atoms with Crippen LogP contribution >= 0.6 is 0 Å². The van der Waals surface area contributed by atoms with E-state index in [-0.39, 0.29) is 12.1 Å². The van der Waals surface area contributed by atoms with Crippen molar-refractivity contribution < 1.29 is 9.53 Å². The van der Waals surface area contributed by atoms with Gasteiger partial charge in [-0.3, -0.25) is 4.79 Å². The standard InChI is InChI=1S/C27H52O2/c1-5-6-7-8-9-10-11-12-13-14-15-16-17-18-19-20-21-22-23-24-27(28)29-26(4)25(2)3/h12-13,25-26H,5-11,14-24H2,1-4H3/b13-12-. The highest BCUT2D eigenvalue weighted by Crippen LogP contribution is 2.13. The van der Waals surface area contributed by atoms with Crippen LogP contribution in [0.15, 0.2) is 12.2 Å². The molecule has 0 heterocycles. The molecular weight excluding hydrogens is 356 g/mol. The predicted octanol–water partition coefficient (Wildman–Crippen LogP) is 9.17. The van der Waals surface area contributed by atoms with Gasteiger partial charge in [-0.2, -0.15) is 0 Å². The fraction of sp³-hybridized carbons (Fsp3) is 0.889. The lowest BCUT2D eigenvalue weighted by molar-refractivity contribution is -0.150. The van der Waals surface area contributed by atoms with Crippen molar-refractivity contribution in [2.75, 3.05) is 0 Å². The maximum absolute atomic E-state index is 11.7. The molecule has 0 fully saturated rings. The van der Waals surface area contributed by atoms with Gasteiger partial charge in [0.25, 0.3) is 0 Å². The normalized spacial score (nSPS) is 12.7. The van der Waals surface area contributed by atoms with Crippen molar-refractivity contribution in [1.29, 1.82) is 0 Å². The minimum atomic E-state index is -0.0211. The summed E-state index contributed by atoms with van der Waals surface area (Å²) in [4.78, 5) is 11.7. The Bertz CT molecular complexity index is 373. The Morgan fingerprint density at radius 3 is 1.52 bits per heavy atom. The Morgan fingerprint density at radius 2 is 1.07 bits per heavy atom. The zero-order valence-electron chi connectivity index (χ0n) is 20.4. The average molecular weight is 409 g/mol. The first-order valence-electron chi connectivity index (χ1n) is 12.9. The van der Waals surface area contributed by atoms with Crippen LogP contribution in [0.1, 0.15) is 143 Å². The molecule has 0 aliphatic rings.